The molecule has 2 aromatic rings. The molecule has 0 saturated carbocycles. The third-order valence-electron chi connectivity index (χ3n) is 3.87. The van der Waals surface area contributed by atoms with Crippen molar-refractivity contribution in [3.63, 3.8) is 0 Å². The Labute approximate surface area is 140 Å². The number of benzene rings is 1. The van der Waals surface area contributed by atoms with Crippen molar-refractivity contribution in [2.75, 3.05) is 20.3 Å². The summed E-state index contributed by atoms with van der Waals surface area (Å²) in [5.41, 5.74) is 3.22. The summed E-state index contributed by atoms with van der Waals surface area (Å²) < 4.78 is 16.4. The van der Waals surface area contributed by atoms with E-state index in [0.29, 0.717) is 42.7 Å². The highest BCUT2D eigenvalue weighted by atomic mass is 16.6. The number of nitrogens with one attached hydrogen (secondary N) is 1. The summed E-state index contributed by atoms with van der Waals surface area (Å²) >= 11 is 0. The van der Waals surface area contributed by atoms with E-state index in [-0.39, 0.29) is 5.91 Å². The number of nitrogens with zero attached hydrogens (tertiary/aromatic N) is 1. The molecule has 24 heavy (non-hydrogen) atoms. The van der Waals surface area contributed by atoms with Crippen LogP contribution in [0.25, 0.3) is 0 Å². The van der Waals surface area contributed by atoms with E-state index in [1.54, 1.807) is 25.3 Å². The molecule has 0 aliphatic carbocycles. The standard InChI is InChI=1S/C18H20N2O4/c1-11-9-12(2)20-18(22-3)14(11)10-19-17(21)13-5-4-6-15-16(13)24-8-7-23-15/h4-6,9H,7-8,10H2,1-3H3,(H,19,21). The normalized spacial score (nSPS) is 12.6. The highest BCUT2D eigenvalue weighted by Crippen LogP contribution is 2.33. The molecule has 126 valence electrons. The molecule has 6 heteroatoms. The molecule has 2 heterocycles. The van der Waals surface area contributed by atoms with Crippen molar-refractivity contribution in [2.45, 2.75) is 20.4 Å². The number of aromatic nitrogens is 1. The lowest BCUT2D eigenvalue weighted by atomic mass is 10.1. The molecule has 0 saturated heterocycles. The van der Waals surface area contributed by atoms with Gasteiger partial charge in [0.2, 0.25) is 5.88 Å². The Kier molecular flexibility index (Phi) is 4.55. The van der Waals surface area contributed by atoms with Crippen molar-refractivity contribution in [1.82, 2.24) is 10.3 Å². The van der Waals surface area contributed by atoms with Crippen LogP contribution in [0.2, 0.25) is 0 Å². The second-order valence-electron chi connectivity index (χ2n) is 5.58. The van der Waals surface area contributed by atoms with Crippen LogP contribution >= 0.6 is 0 Å². The summed E-state index contributed by atoms with van der Waals surface area (Å²) in [6.45, 7) is 5.13. The Balaban J connectivity index is 1.80. The number of para-hydroxylation sites is 1. The van der Waals surface area contributed by atoms with Crippen molar-refractivity contribution < 1.29 is 19.0 Å². The Morgan fingerprint density at radius 2 is 2.08 bits per heavy atom. The Hall–Kier alpha value is -2.76. The predicted molar refractivity (Wildman–Crippen MR) is 88.9 cm³/mol. The lowest BCUT2D eigenvalue weighted by molar-refractivity contribution is 0.0939. The Bertz CT molecular complexity index is 774. The van der Waals surface area contributed by atoms with Gasteiger partial charge in [0.05, 0.1) is 12.7 Å². The number of rotatable bonds is 4. The highest BCUT2D eigenvalue weighted by Gasteiger charge is 2.20. The van der Waals surface area contributed by atoms with E-state index in [0.717, 1.165) is 16.8 Å². The van der Waals surface area contributed by atoms with Gasteiger partial charge >= 0.3 is 0 Å². The number of hydrogen-bond acceptors (Lipinski definition) is 5. The van der Waals surface area contributed by atoms with E-state index in [1.807, 2.05) is 19.9 Å². The SMILES string of the molecule is COc1nc(C)cc(C)c1CNC(=O)c1cccc2c1OCCO2. The quantitative estimate of drug-likeness (QED) is 0.933. The maximum atomic E-state index is 12.6. The first kappa shape index (κ1) is 16.1. The highest BCUT2D eigenvalue weighted by molar-refractivity contribution is 5.97. The number of amides is 1. The van der Waals surface area contributed by atoms with Gasteiger partial charge < -0.3 is 19.5 Å². The van der Waals surface area contributed by atoms with Crippen LogP contribution in [-0.2, 0) is 6.54 Å². The van der Waals surface area contributed by atoms with Crippen molar-refractivity contribution in [2.24, 2.45) is 0 Å². The van der Waals surface area contributed by atoms with Crippen LogP contribution < -0.4 is 19.5 Å². The molecule has 1 amide bonds. The van der Waals surface area contributed by atoms with Gasteiger partial charge in [0.15, 0.2) is 11.5 Å². The summed E-state index contributed by atoms with van der Waals surface area (Å²) in [5, 5.41) is 2.91. The molecule has 0 bridgehead atoms. The van der Waals surface area contributed by atoms with Crippen molar-refractivity contribution >= 4 is 5.91 Å². The fourth-order valence-electron chi connectivity index (χ4n) is 2.73. The molecule has 0 atom stereocenters. The van der Waals surface area contributed by atoms with Gasteiger partial charge in [-0.3, -0.25) is 4.79 Å². The van der Waals surface area contributed by atoms with Gasteiger partial charge in [-0.15, -0.1) is 0 Å². The van der Waals surface area contributed by atoms with E-state index >= 15 is 0 Å². The van der Waals surface area contributed by atoms with Crippen molar-refractivity contribution in [3.05, 3.63) is 46.6 Å². The maximum Gasteiger partial charge on any atom is 0.255 e. The van der Waals surface area contributed by atoms with Crippen LogP contribution in [0.5, 0.6) is 17.4 Å². The fraction of sp³-hybridized carbons (Fsp3) is 0.333. The molecular weight excluding hydrogens is 308 g/mol. The zero-order valence-corrected chi connectivity index (χ0v) is 14.0. The predicted octanol–water partition coefficient (Wildman–Crippen LogP) is 2.41. The Morgan fingerprint density at radius 3 is 2.88 bits per heavy atom. The molecule has 0 unspecified atom stereocenters. The number of hydrogen-bond donors (Lipinski definition) is 1. The van der Waals surface area contributed by atoms with Gasteiger partial charge in [0.25, 0.3) is 5.91 Å². The minimum absolute atomic E-state index is 0.223. The summed E-state index contributed by atoms with van der Waals surface area (Å²) in [5.74, 6) is 1.40. The largest absolute Gasteiger partial charge is 0.486 e. The van der Waals surface area contributed by atoms with Gasteiger partial charge in [-0.05, 0) is 37.6 Å². The molecule has 1 aliphatic rings. The molecule has 1 aromatic heterocycles. The Morgan fingerprint density at radius 1 is 1.29 bits per heavy atom. The maximum absolute atomic E-state index is 12.6. The van der Waals surface area contributed by atoms with Crippen LogP contribution in [0.15, 0.2) is 24.3 Å². The fourth-order valence-corrected chi connectivity index (χ4v) is 2.73. The van der Waals surface area contributed by atoms with Gasteiger partial charge in [-0.2, -0.15) is 0 Å². The topological polar surface area (TPSA) is 69.7 Å². The van der Waals surface area contributed by atoms with E-state index in [1.165, 1.54) is 0 Å². The molecule has 1 aromatic carbocycles. The first-order valence-corrected chi connectivity index (χ1v) is 7.78. The number of carbonyl (C=O) groups is 1. The summed E-state index contributed by atoms with van der Waals surface area (Å²) in [4.78, 5) is 16.9. The minimum atomic E-state index is -0.223. The van der Waals surface area contributed by atoms with Crippen LogP contribution in [0.3, 0.4) is 0 Å². The summed E-state index contributed by atoms with van der Waals surface area (Å²) in [7, 11) is 1.57. The van der Waals surface area contributed by atoms with E-state index < -0.39 is 0 Å². The number of methoxy groups -OCH3 is 1. The van der Waals surface area contributed by atoms with Gasteiger partial charge in [-0.1, -0.05) is 6.07 Å². The average molecular weight is 328 g/mol. The lowest BCUT2D eigenvalue weighted by Crippen LogP contribution is -2.26. The van der Waals surface area contributed by atoms with Crippen molar-refractivity contribution in [1.29, 1.82) is 0 Å². The van der Waals surface area contributed by atoms with Crippen LogP contribution in [0.4, 0.5) is 0 Å². The molecule has 1 aliphatic heterocycles. The smallest absolute Gasteiger partial charge is 0.255 e. The zero-order valence-electron chi connectivity index (χ0n) is 14.0. The molecular formula is C18H20N2O4. The minimum Gasteiger partial charge on any atom is -0.486 e. The monoisotopic (exact) mass is 328 g/mol. The number of fused-ring (bicyclic) bond motifs is 1. The number of aryl methyl sites for hydroxylation is 2. The number of pyridine rings is 1. The number of ether oxygens (including phenoxy) is 3. The second-order valence-corrected chi connectivity index (χ2v) is 5.58. The average Bonchev–Trinajstić information content (AvgIpc) is 2.59. The van der Waals surface area contributed by atoms with Crippen LogP contribution in [-0.4, -0.2) is 31.2 Å². The molecule has 3 rings (SSSR count). The molecule has 0 radical (unpaired) electrons. The van der Waals surface area contributed by atoms with Crippen LogP contribution in [0, 0.1) is 13.8 Å². The number of carbonyl (C=O) groups excluding carboxylic acids is 1. The van der Waals surface area contributed by atoms with E-state index in [2.05, 4.69) is 10.3 Å². The first-order chi connectivity index (χ1) is 11.6. The van der Waals surface area contributed by atoms with E-state index in [9.17, 15) is 4.79 Å². The zero-order chi connectivity index (χ0) is 17.1. The first-order valence-electron chi connectivity index (χ1n) is 7.78. The summed E-state index contributed by atoms with van der Waals surface area (Å²) in [6.07, 6.45) is 0. The third-order valence-corrected chi connectivity index (χ3v) is 3.87. The van der Waals surface area contributed by atoms with Gasteiger partial charge in [0.1, 0.15) is 13.2 Å². The third kappa shape index (κ3) is 3.13. The van der Waals surface area contributed by atoms with Crippen LogP contribution in [0.1, 0.15) is 27.2 Å². The van der Waals surface area contributed by atoms with E-state index in [4.69, 9.17) is 14.2 Å². The molecule has 6 nitrogen and oxygen atoms in total. The van der Waals surface area contributed by atoms with Gasteiger partial charge in [-0.25, -0.2) is 4.98 Å². The lowest BCUT2D eigenvalue weighted by Gasteiger charge is -2.20. The molecule has 1 N–H and O–H groups in total. The molecule has 0 fully saturated rings. The van der Waals surface area contributed by atoms with Crippen molar-refractivity contribution in [3.8, 4) is 17.4 Å². The summed E-state index contributed by atoms with van der Waals surface area (Å²) in [6, 6.07) is 7.26. The second kappa shape index (κ2) is 6.78. The molecule has 0 spiro atoms. The van der Waals surface area contributed by atoms with Gasteiger partial charge in [0, 0.05) is 17.8 Å².